The molecule has 2 aromatic carbocycles. The lowest BCUT2D eigenvalue weighted by Crippen LogP contribution is -2.15. The van der Waals surface area contributed by atoms with Gasteiger partial charge in [-0.1, -0.05) is 35.9 Å². The summed E-state index contributed by atoms with van der Waals surface area (Å²) in [5.41, 5.74) is 3.11. The highest BCUT2D eigenvalue weighted by Crippen LogP contribution is 2.26. The highest BCUT2D eigenvalue weighted by Gasteiger charge is 2.14. The molecular weight excluding hydrogens is 364 g/mol. The van der Waals surface area contributed by atoms with Crippen LogP contribution < -0.4 is 10.1 Å². The van der Waals surface area contributed by atoms with Crippen LogP contribution in [0.2, 0.25) is 5.02 Å². The van der Waals surface area contributed by atoms with Gasteiger partial charge in [-0.3, -0.25) is 4.79 Å². The number of fused-ring (bicyclic) bond motifs is 1. The zero-order chi connectivity index (χ0) is 18.8. The fourth-order valence-corrected chi connectivity index (χ4v) is 2.98. The molecule has 2 heterocycles. The van der Waals surface area contributed by atoms with E-state index >= 15 is 0 Å². The molecule has 0 aliphatic heterocycles. The van der Waals surface area contributed by atoms with Crippen molar-refractivity contribution in [3.05, 3.63) is 77.7 Å². The van der Waals surface area contributed by atoms with E-state index < -0.39 is 0 Å². The normalized spacial score (nSPS) is 10.7. The number of anilines is 1. The van der Waals surface area contributed by atoms with Gasteiger partial charge in [0.25, 0.3) is 5.91 Å². The lowest BCUT2D eigenvalue weighted by molar-refractivity contribution is 0.102. The zero-order valence-electron chi connectivity index (χ0n) is 14.4. The average molecular weight is 379 g/mol. The first-order valence-corrected chi connectivity index (χ1v) is 8.58. The number of halogens is 1. The average Bonchev–Trinajstić information content (AvgIpc) is 3.11. The SMILES string of the molecule is COc1ccccc1NC(=O)c1ccn2ncc(-c3cccc(Cl)c3)c2n1. The summed E-state index contributed by atoms with van der Waals surface area (Å²) in [5, 5.41) is 7.74. The molecule has 4 rings (SSSR count). The lowest BCUT2D eigenvalue weighted by Gasteiger charge is -2.09. The molecule has 0 fully saturated rings. The van der Waals surface area contributed by atoms with Crippen molar-refractivity contribution < 1.29 is 9.53 Å². The number of amides is 1. The van der Waals surface area contributed by atoms with E-state index in [1.165, 1.54) is 0 Å². The van der Waals surface area contributed by atoms with Gasteiger partial charge in [-0.05, 0) is 35.9 Å². The molecule has 0 aliphatic carbocycles. The van der Waals surface area contributed by atoms with Crippen LogP contribution in [0.5, 0.6) is 5.75 Å². The van der Waals surface area contributed by atoms with Crippen molar-refractivity contribution in [1.82, 2.24) is 14.6 Å². The monoisotopic (exact) mass is 378 g/mol. The van der Waals surface area contributed by atoms with E-state index in [0.717, 1.165) is 11.1 Å². The fraction of sp³-hybridized carbons (Fsp3) is 0.0500. The van der Waals surface area contributed by atoms with E-state index in [1.54, 1.807) is 48.3 Å². The standard InChI is InChI=1S/C20H15ClN4O2/c1-27-18-8-3-2-7-16(18)24-20(26)17-9-10-25-19(23-17)15(12-22-25)13-5-4-6-14(21)11-13/h2-12H,1H3,(H,24,26). The molecule has 27 heavy (non-hydrogen) atoms. The van der Waals surface area contributed by atoms with E-state index in [0.29, 0.717) is 22.1 Å². The molecule has 0 saturated carbocycles. The summed E-state index contributed by atoms with van der Waals surface area (Å²) in [6, 6.07) is 16.2. The molecule has 0 atom stereocenters. The van der Waals surface area contributed by atoms with E-state index in [-0.39, 0.29) is 11.6 Å². The molecule has 4 aromatic rings. The number of methoxy groups -OCH3 is 1. The summed E-state index contributed by atoms with van der Waals surface area (Å²) in [4.78, 5) is 17.2. The Balaban J connectivity index is 1.71. The minimum Gasteiger partial charge on any atom is -0.495 e. The van der Waals surface area contributed by atoms with Gasteiger partial charge in [0.15, 0.2) is 5.65 Å². The summed E-state index contributed by atoms with van der Waals surface area (Å²) < 4.78 is 6.89. The Labute approximate surface area is 160 Å². The van der Waals surface area contributed by atoms with Crippen LogP contribution in [0.3, 0.4) is 0 Å². The molecule has 0 radical (unpaired) electrons. The van der Waals surface area contributed by atoms with Crippen molar-refractivity contribution >= 4 is 28.8 Å². The second-order valence-electron chi connectivity index (χ2n) is 5.80. The van der Waals surface area contributed by atoms with Gasteiger partial charge in [0, 0.05) is 16.8 Å². The van der Waals surface area contributed by atoms with Gasteiger partial charge in [-0.15, -0.1) is 0 Å². The maximum absolute atomic E-state index is 12.7. The number of para-hydroxylation sites is 2. The van der Waals surface area contributed by atoms with Crippen LogP contribution in [0, 0.1) is 0 Å². The molecule has 134 valence electrons. The van der Waals surface area contributed by atoms with Gasteiger partial charge in [0.1, 0.15) is 11.4 Å². The number of carbonyl (C=O) groups excluding carboxylic acids is 1. The summed E-state index contributed by atoms with van der Waals surface area (Å²) in [6.07, 6.45) is 3.41. The Hall–Kier alpha value is -3.38. The molecule has 0 bridgehead atoms. The number of nitrogens with one attached hydrogen (secondary N) is 1. The highest BCUT2D eigenvalue weighted by molar-refractivity contribution is 6.30. The highest BCUT2D eigenvalue weighted by atomic mass is 35.5. The molecule has 6 nitrogen and oxygen atoms in total. The predicted molar refractivity (Wildman–Crippen MR) is 104 cm³/mol. The van der Waals surface area contributed by atoms with Crippen LogP contribution >= 0.6 is 11.6 Å². The number of hydrogen-bond donors (Lipinski definition) is 1. The molecule has 0 spiro atoms. The summed E-state index contributed by atoms with van der Waals surface area (Å²) >= 11 is 6.09. The van der Waals surface area contributed by atoms with Crippen LogP contribution in [0.15, 0.2) is 67.0 Å². The molecule has 1 amide bonds. The van der Waals surface area contributed by atoms with Crippen LogP contribution in [0.1, 0.15) is 10.5 Å². The molecular formula is C20H15ClN4O2. The topological polar surface area (TPSA) is 68.5 Å². The van der Waals surface area contributed by atoms with Crippen LogP contribution in [0.4, 0.5) is 5.69 Å². The molecule has 1 N–H and O–H groups in total. The number of carbonyl (C=O) groups is 1. The van der Waals surface area contributed by atoms with Crippen molar-refractivity contribution in [3.63, 3.8) is 0 Å². The van der Waals surface area contributed by atoms with Gasteiger partial charge >= 0.3 is 0 Å². The number of ether oxygens (including phenoxy) is 1. The zero-order valence-corrected chi connectivity index (χ0v) is 15.1. The van der Waals surface area contributed by atoms with E-state index in [4.69, 9.17) is 16.3 Å². The van der Waals surface area contributed by atoms with Gasteiger partial charge in [-0.2, -0.15) is 5.10 Å². The summed E-state index contributed by atoms with van der Waals surface area (Å²) in [7, 11) is 1.55. The maximum atomic E-state index is 12.7. The van der Waals surface area contributed by atoms with Gasteiger partial charge in [-0.25, -0.2) is 9.50 Å². The number of aromatic nitrogens is 3. The first-order chi connectivity index (χ1) is 13.2. The van der Waals surface area contributed by atoms with Gasteiger partial charge in [0.2, 0.25) is 0 Å². The predicted octanol–water partition coefficient (Wildman–Crippen LogP) is 4.31. The molecule has 0 saturated heterocycles. The Morgan fingerprint density at radius 1 is 1.15 bits per heavy atom. The minimum absolute atomic E-state index is 0.275. The van der Waals surface area contributed by atoms with Crippen molar-refractivity contribution in [2.24, 2.45) is 0 Å². The largest absolute Gasteiger partial charge is 0.495 e. The molecule has 7 heteroatoms. The second kappa shape index (κ2) is 7.09. The molecule has 2 aromatic heterocycles. The Bertz CT molecular complexity index is 1140. The first-order valence-electron chi connectivity index (χ1n) is 8.20. The first kappa shape index (κ1) is 17.1. The van der Waals surface area contributed by atoms with Crippen molar-refractivity contribution in [2.45, 2.75) is 0 Å². The van der Waals surface area contributed by atoms with Gasteiger partial charge < -0.3 is 10.1 Å². The quantitative estimate of drug-likeness (QED) is 0.574. The third-order valence-electron chi connectivity index (χ3n) is 4.09. The molecule has 0 aliphatic rings. The van der Waals surface area contributed by atoms with Gasteiger partial charge in [0.05, 0.1) is 19.0 Å². The third kappa shape index (κ3) is 3.35. The Morgan fingerprint density at radius 2 is 2.00 bits per heavy atom. The van der Waals surface area contributed by atoms with E-state index in [1.807, 2.05) is 30.3 Å². The minimum atomic E-state index is -0.333. The maximum Gasteiger partial charge on any atom is 0.274 e. The number of nitrogens with zero attached hydrogens (tertiary/aromatic N) is 3. The molecule has 0 unspecified atom stereocenters. The number of hydrogen-bond acceptors (Lipinski definition) is 4. The van der Waals surface area contributed by atoms with E-state index in [9.17, 15) is 4.79 Å². The van der Waals surface area contributed by atoms with Crippen molar-refractivity contribution in [1.29, 1.82) is 0 Å². The summed E-state index contributed by atoms with van der Waals surface area (Å²) in [6.45, 7) is 0. The third-order valence-corrected chi connectivity index (χ3v) is 4.33. The van der Waals surface area contributed by atoms with Crippen LogP contribution in [0.25, 0.3) is 16.8 Å². The van der Waals surface area contributed by atoms with E-state index in [2.05, 4.69) is 15.4 Å². The smallest absolute Gasteiger partial charge is 0.274 e. The van der Waals surface area contributed by atoms with Crippen molar-refractivity contribution in [2.75, 3.05) is 12.4 Å². The van der Waals surface area contributed by atoms with Crippen molar-refractivity contribution in [3.8, 4) is 16.9 Å². The lowest BCUT2D eigenvalue weighted by atomic mass is 10.1. The fourth-order valence-electron chi connectivity index (χ4n) is 2.79. The Kier molecular flexibility index (Phi) is 4.48. The Morgan fingerprint density at radius 3 is 2.81 bits per heavy atom. The van der Waals surface area contributed by atoms with Crippen LogP contribution in [-0.4, -0.2) is 27.6 Å². The second-order valence-corrected chi connectivity index (χ2v) is 6.24. The summed E-state index contributed by atoms with van der Waals surface area (Å²) in [5.74, 6) is 0.246. The number of rotatable bonds is 4. The van der Waals surface area contributed by atoms with Crippen LogP contribution in [-0.2, 0) is 0 Å². The number of benzene rings is 2.